The Balaban J connectivity index is 2.36. The maximum Gasteiger partial charge on any atom is 0.411 e. The molecule has 19 heavy (non-hydrogen) atoms. The molecule has 1 aromatic rings. The van der Waals surface area contributed by atoms with Crippen molar-refractivity contribution in [3.8, 4) is 0 Å². The van der Waals surface area contributed by atoms with Gasteiger partial charge >= 0.3 is 6.18 Å². The highest BCUT2D eigenvalue weighted by Gasteiger charge is 2.27. The van der Waals surface area contributed by atoms with E-state index in [0.717, 1.165) is 11.1 Å². The van der Waals surface area contributed by atoms with Crippen LogP contribution in [0.1, 0.15) is 29.9 Å². The fourth-order valence-electron chi connectivity index (χ4n) is 2.01. The molecule has 0 amide bonds. The summed E-state index contributed by atoms with van der Waals surface area (Å²) in [5, 5.41) is 9.37. The van der Waals surface area contributed by atoms with Crippen molar-refractivity contribution in [3.05, 3.63) is 35.4 Å². The molecule has 1 aromatic carbocycles. The molecule has 0 aliphatic carbocycles. The number of alkyl halides is 3. The van der Waals surface area contributed by atoms with Crippen molar-refractivity contribution in [2.75, 3.05) is 19.8 Å². The summed E-state index contributed by atoms with van der Waals surface area (Å²) in [6.45, 7) is 0.797. The zero-order valence-corrected chi connectivity index (χ0v) is 10.9. The molecule has 0 saturated heterocycles. The summed E-state index contributed by atoms with van der Waals surface area (Å²) in [6, 6.07) is 7.70. The number of aliphatic hydroxyl groups excluding tert-OH is 1. The number of benzene rings is 1. The van der Waals surface area contributed by atoms with E-state index in [4.69, 9.17) is 0 Å². The normalized spacial score (nSPS) is 13.5. The van der Waals surface area contributed by atoms with E-state index in [1.165, 1.54) is 0 Å². The summed E-state index contributed by atoms with van der Waals surface area (Å²) < 4.78 is 40.1. The van der Waals surface area contributed by atoms with Gasteiger partial charge < -0.3 is 9.84 Å². The van der Waals surface area contributed by atoms with Gasteiger partial charge in [0.2, 0.25) is 0 Å². The fraction of sp³-hybridized carbons (Fsp3) is 0.571. The first-order chi connectivity index (χ1) is 8.94. The second kappa shape index (κ2) is 7.50. The zero-order valence-electron chi connectivity index (χ0n) is 10.9. The Labute approximate surface area is 111 Å². The maximum atomic E-state index is 11.9. The first-order valence-corrected chi connectivity index (χ1v) is 6.25. The van der Waals surface area contributed by atoms with Gasteiger partial charge in [0.15, 0.2) is 0 Å². The van der Waals surface area contributed by atoms with Crippen LogP contribution < -0.4 is 0 Å². The highest BCUT2D eigenvalue weighted by Crippen LogP contribution is 2.24. The SMILES string of the molecule is Cc1ccccc1C(CO)CCCOCC(F)(F)F. The largest absolute Gasteiger partial charge is 0.411 e. The second-order valence-corrected chi connectivity index (χ2v) is 4.55. The van der Waals surface area contributed by atoms with Crippen LogP contribution in [0, 0.1) is 6.92 Å². The summed E-state index contributed by atoms with van der Waals surface area (Å²) in [5.74, 6) is -0.0457. The molecule has 2 nitrogen and oxygen atoms in total. The van der Waals surface area contributed by atoms with E-state index in [9.17, 15) is 18.3 Å². The molecule has 1 unspecified atom stereocenters. The summed E-state index contributed by atoms with van der Waals surface area (Å²) in [5.41, 5.74) is 2.12. The molecule has 0 aliphatic rings. The Kier molecular flexibility index (Phi) is 6.31. The van der Waals surface area contributed by atoms with E-state index < -0.39 is 12.8 Å². The van der Waals surface area contributed by atoms with Crippen LogP contribution in [-0.2, 0) is 4.74 Å². The van der Waals surface area contributed by atoms with Crippen molar-refractivity contribution < 1.29 is 23.0 Å². The third-order valence-electron chi connectivity index (χ3n) is 2.96. The second-order valence-electron chi connectivity index (χ2n) is 4.55. The lowest BCUT2D eigenvalue weighted by Gasteiger charge is -2.17. The molecule has 0 fully saturated rings. The van der Waals surface area contributed by atoms with Crippen molar-refractivity contribution in [2.24, 2.45) is 0 Å². The third kappa shape index (κ3) is 6.07. The van der Waals surface area contributed by atoms with Crippen molar-refractivity contribution in [3.63, 3.8) is 0 Å². The predicted octanol–water partition coefficient (Wildman–Crippen LogP) is 3.43. The van der Waals surface area contributed by atoms with Crippen molar-refractivity contribution in [1.82, 2.24) is 0 Å². The minimum absolute atomic E-state index is 0.00980. The number of hydrogen-bond donors (Lipinski definition) is 1. The first kappa shape index (κ1) is 16.0. The Morgan fingerprint density at radius 2 is 1.95 bits per heavy atom. The average Bonchev–Trinajstić information content (AvgIpc) is 2.34. The quantitative estimate of drug-likeness (QED) is 0.773. The van der Waals surface area contributed by atoms with Crippen LogP contribution in [0.15, 0.2) is 24.3 Å². The van der Waals surface area contributed by atoms with Gasteiger partial charge in [-0.3, -0.25) is 0 Å². The molecule has 0 bridgehead atoms. The average molecular weight is 276 g/mol. The van der Waals surface area contributed by atoms with Crippen LogP contribution in [0.25, 0.3) is 0 Å². The molecule has 0 spiro atoms. The molecule has 0 saturated carbocycles. The molecular weight excluding hydrogens is 257 g/mol. The molecule has 0 heterocycles. The van der Waals surface area contributed by atoms with E-state index >= 15 is 0 Å². The lowest BCUT2D eigenvalue weighted by molar-refractivity contribution is -0.174. The molecule has 0 aromatic heterocycles. The highest BCUT2D eigenvalue weighted by molar-refractivity contribution is 5.29. The van der Waals surface area contributed by atoms with E-state index in [1.807, 2.05) is 31.2 Å². The summed E-state index contributed by atoms with van der Waals surface area (Å²) in [4.78, 5) is 0. The van der Waals surface area contributed by atoms with Gasteiger partial charge in [-0.1, -0.05) is 24.3 Å². The maximum absolute atomic E-state index is 11.9. The summed E-state index contributed by atoms with van der Waals surface area (Å²) in [7, 11) is 0. The van der Waals surface area contributed by atoms with Crippen LogP contribution >= 0.6 is 0 Å². The van der Waals surface area contributed by atoms with Gasteiger partial charge in [-0.2, -0.15) is 13.2 Å². The van der Waals surface area contributed by atoms with E-state index in [1.54, 1.807) is 0 Å². The van der Waals surface area contributed by atoms with Crippen LogP contribution in [0.2, 0.25) is 0 Å². The van der Waals surface area contributed by atoms with Crippen molar-refractivity contribution in [2.45, 2.75) is 31.9 Å². The summed E-state index contributed by atoms with van der Waals surface area (Å²) in [6.07, 6.45) is -3.17. The lowest BCUT2D eigenvalue weighted by atomic mass is 9.92. The van der Waals surface area contributed by atoms with Gasteiger partial charge in [0.05, 0.1) is 0 Å². The highest BCUT2D eigenvalue weighted by atomic mass is 19.4. The molecule has 1 rings (SSSR count). The van der Waals surface area contributed by atoms with Crippen LogP contribution in [-0.4, -0.2) is 31.1 Å². The van der Waals surface area contributed by atoms with Crippen LogP contribution in [0.3, 0.4) is 0 Å². The molecule has 1 N–H and O–H groups in total. The number of aryl methyl sites for hydroxylation is 1. The number of hydrogen-bond acceptors (Lipinski definition) is 2. The third-order valence-corrected chi connectivity index (χ3v) is 2.96. The van der Waals surface area contributed by atoms with E-state index in [0.29, 0.717) is 12.8 Å². The van der Waals surface area contributed by atoms with E-state index in [-0.39, 0.29) is 19.1 Å². The standard InChI is InChI=1S/C14H19F3O2/c1-11-5-2-3-7-13(11)12(9-18)6-4-8-19-10-14(15,16)17/h2-3,5,7,12,18H,4,6,8-10H2,1H3. The van der Waals surface area contributed by atoms with Crippen LogP contribution in [0.5, 0.6) is 0 Å². The fourth-order valence-corrected chi connectivity index (χ4v) is 2.01. The Morgan fingerprint density at radius 1 is 1.26 bits per heavy atom. The molecule has 5 heteroatoms. The molecule has 0 aliphatic heterocycles. The molecule has 1 atom stereocenters. The lowest BCUT2D eigenvalue weighted by Crippen LogP contribution is -2.17. The number of ether oxygens (including phenoxy) is 1. The van der Waals surface area contributed by atoms with Crippen molar-refractivity contribution in [1.29, 1.82) is 0 Å². The monoisotopic (exact) mass is 276 g/mol. The number of halogens is 3. The van der Waals surface area contributed by atoms with E-state index in [2.05, 4.69) is 4.74 Å². The van der Waals surface area contributed by atoms with Gasteiger partial charge in [-0.15, -0.1) is 0 Å². The van der Waals surface area contributed by atoms with Crippen LogP contribution in [0.4, 0.5) is 13.2 Å². The van der Waals surface area contributed by atoms with Gasteiger partial charge in [-0.05, 0) is 30.9 Å². The van der Waals surface area contributed by atoms with Gasteiger partial charge in [-0.25, -0.2) is 0 Å². The Bertz CT molecular complexity index is 377. The van der Waals surface area contributed by atoms with Gasteiger partial charge in [0.25, 0.3) is 0 Å². The van der Waals surface area contributed by atoms with Crippen molar-refractivity contribution >= 4 is 0 Å². The molecule has 0 radical (unpaired) electrons. The minimum atomic E-state index is -4.27. The Morgan fingerprint density at radius 3 is 2.53 bits per heavy atom. The Hall–Kier alpha value is -1.07. The summed E-state index contributed by atoms with van der Waals surface area (Å²) >= 11 is 0. The molecule has 108 valence electrons. The van der Waals surface area contributed by atoms with Gasteiger partial charge in [0.1, 0.15) is 6.61 Å². The predicted molar refractivity (Wildman–Crippen MR) is 67.1 cm³/mol. The zero-order chi connectivity index (χ0) is 14.3. The number of aliphatic hydroxyl groups is 1. The smallest absolute Gasteiger partial charge is 0.396 e. The number of rotatable bonds is 7. The minimum Gasteiger partial charge on any atom is -0.396 e. The van der Waals surface area contributed by atoms with Gasteiger partial charge in [0, 0.05) is 19.1 Å². The first-order valence-electron chi connectivity index (χ1n) is 6.25. The topological polar surface area (TPSA) is 29.5 Å². The molecular formula is C14H19F3O2.